The van der Waals surface area contributed by atoms with Crippen LogP contribution >= 0.6 is 0 Å². The van der Waals surface area contributed by atoms with Crippen LogP contribution in [-0.2, 0) is 11.3 Å². The largest absolute Gasteiger partial charge is 0.490 e. The van der Waals surface area contributed by atoms with Gasteiger partial charge in [0.25, 0.3) is 0 Å². The third-order valence-corrected chi connectivity index (χ3v) is 3.98. The monoisotopic (exact) mass is 292 g/mol. The van der Waals surface area contributed by atoms with Crippen LogP contribution in [0.1, 0.15) is 18.9 Å². The van der Waals surface area contributed by atoms with E-state index in [0.717, 1.165) is 57.4 Å². The van der Waals surface area contributed by atoms with Crippen LogP contribution in [0.4, 0.5) is 0 Å². The number of nitrogens with two attached hydrogens (primary N) is 1. The van der Waals surface area contributed by atoms with Crippen molar-refractivity contribution in [3.05, 3.63) is 23.8 Å². The number of hydrogen-bond donors (Lipinski definition) is 1. The second-order valence-corrected chi connectivity index (χ2v) is 5.84. The zero-order valence-electron chi connectivity index (χ0n) is 12.6. The third kappa shape index (κ3) is 3.67. The molecule has 0 amide bonds. The van der Waals surface area contributed by atoms with Gasteiger partial charge in [-0.15, -0.1) is 0 Å². The lowest BCUT2D eigenvalue weighted by Gasteiger charge is -2.34. The van der Waals surface area contributed by atoms with E-state index < -0.39 is 0 Å². The molecular formula is C16H24N2O3. The van der Waals surface area contributed by atoms with Gasteiger partial charge in [-0.2, -0.15) is 0 Å². The Morgan fingerprint density at radius 3 is 2.86 bits per heavy atom. The molecule has 1 fully saturated rings. The van der Waals surface area contributed by atoms with Gasteiger partial charge in [0.1, 0.15) is 0 Å². The van der Waals surface area contributed by atoms with Crippen molar-refractivity contribution in [1.29, 1.82) is 0 Å². The normalized spacial score (nSPS) is 24.4. The van der Waals surface area contributed by atoms with Gasteiger partial charge in [-0.05, 0) is 24.6 Å². The topological polar surface area (TPSA) is 57.0 Å². The number of hydrogen-bond acceptors (Lipinski definition) is 5. The summed E-state index contributed by atoms with van der Waals surface area (Å²) in [5, 5.41) is 0. The summed E-state index contributed by atoms with van der Waals surface area (Å²) in [5.41, 5.74) is 7.18. The van der Waals surface area contributed by atoms with Crippen LogP contribution in [0.3, 0.4) is 0 Å². The lowest BCUT2D eigenvalue weighted by molar-refractivity contribution is -0.0403. The van der Waals surface area contributed by atoms with Crippen molar-refractivity contribution in [2.45, 2.75) is 32.0 Å². The number of rotatable bonds is 3. The highest BCUT2D eigenvalue weighted by Gasteiger charge is 2.23. The van der Waals surface area contributed by atoms with E-state index in [-0.39, 0.29) is 12.1 Å². The van der Waals surface area contributed by atoms with Crippen LogP contribution in [0.25, 0.3) is 0 Å². The highest BCUT2D eigenvalue weighted by Crippen LogP contribution is 2.31. The zero-order chi connectivity index (χ0) is 14.7. The van der Waals surface area contributed by atoms with Crippen LogP contribution in [0.2, 0.25) is 0 Å². The minimum atomic E-state index is 0.0663. The van der Waals surface area contributed by atoms with E-state index in [0.29, 0.717) is 0 Å². The summed E-state index contributed by atoms with van der Waals surface area (Å²) in [4.78, 5) is 2.39. The summed E-state index contributed by atoms with van der Waals surface area (Å²) in [6.45, 7) is 6.91. The fourth-order valence-electron chi connectivity index (χ4n) is 2.76. The molecule has 5 heteroatoms. The van der Waals surface area contributed by atoms with Gasteiger partial charge in [-0.3, -0.25) is 4.90 Å². The quantitative estimate of drug-likeness (QED) is 0.912. The Labute approximate surface area is 126 Å². The van der Waals surface area contributed by atoms with Crippen molar-refractivity contribution in [2.24, 2.45) is 5.73 Å². The SMILES string of the molecule is CC(N)C1CN(Cc2ccc3c(c2)OCCCO3)CCO1. The second kappa shape index (κ2) is 6.64. The maximum atomic E-state index is 5.94. The first-order valence-corrected chi connectivity index (χ1v) is 7.70. The van der Waals surface area contributed by atoms with E-state index in [9.17, 15) is 0 Å². The lowest BCUT2D eigenvalue weighted by Crippen LogP contribution is -2.49. The molecule has 116 valence electrons. The molecule has 0 radical (unpaired) electrons. The van der Waals surface area contributed by atoms with Crippen molar-refractivity contribution >= 4 is 0 Å². The maximum Gasteiger partial charge on any atom is 0.161 e. The van der Waals surface area contributed by atoms with Crippen LogP contribution in [0.15, 0.2) is 18.2 Å². The molecule has 0 spiro atoms. The van der Waals surface area contributed by atoms with Crippen molar-refractivity contribution in [3.8, 4) is 11.5 Å². The molecule has 1 aromatic rings. The molecule has 2 aliphatic rings. The van der Waals surface area contributed by atoms with Gasteiger partial charge in [0.05, 0.1) is 25.9 Å². The molecule has 3 rings (SSSR count). The Kier molecular flexibility index (Phi) is 4.63. The van der Waals surface area contributed by atoms with E-state index in [2.05, 4.69) is 17.0 Å². The number of nitrogens with zero attached hydrogens (tertiary/aromatic N) is 1. The van der Waals surface area contributed by atoms with Crippen molar-refractivity contribution in [2.75, 3.05) is 32.9 Å². The molecule has 2 atom stereocenters. The predicted octanol–water partition coefficient (Wildman–Crippen LogP) is 1.40. The Bertz CT molecular complexity index is 479. The molecule has 2 aliphatic heterocycles. The van der Waals surface area contributed by atoms with Crippen LogP contribution < -0.4 is 15.2 Å². The summed E-state index contributed by atoms with van der Waals surface area (Å²) in [7, 11) is 0. The molecule has 0 saturated carbocycles. The minimum Gasteiger partial charge on any atom is -0.490 e. The summed E-state index contributed by atoms with van der Waals surface area (Å²) >= 11 is 0. The smallest absolute Gasteiger partial charge is 0.161 e. The van der Waals surface area contributed by atoms with E-state index in [1.54, 1.807) is 0 Å². The molecule has 1 saturated heterocycles. The first-order valence-electron chi connectivity index (χ1n) is 7.70. The first-order chi connectivity index (χ1) is 10.2. The number of ether oxygens (including phenoxy) is 3. The molecule has 2 N–H and O–H groups in total. The molecule has 5 nitrogen and oxygen atoms in total. The first kappa shape index (κ1) is 14.6. The van der Waals surface area contributed by atoms with Gasteiger partial charge in [0.2, 0.25) is 0 Å². The van der Waals surface area contributed by atoms with Gasteiger partial charge in [0.15, 0.2) is 11.5 Å². The highest BCUT2D eigenvalue weighted by atomic mass is 16.5. The van der Waals surface area contributed by atoms with E-state index in [1.165, 1.54) is 5.56 Å². The van der Waals surface area contributed by atoms with Gasteiger partial charge in [-0.25, -0.2) is 0 Å². The van der Waals surface area contributed by atoms with E-state index >= 15 is 0 Å². The van der Waals surface area contributed by atoms with E-state index in [1.807, 2.05) is 13.0 Å². The number of morpholine rings is 1. The fraction of sp³-hybridized carbons (Fsp3) is 0.625. The zero-order valence-corrected chi connectivity index (χ0v) is 12.6. The Hall–Kier alpha value is -1.30. The number of fused-ring (bicyclic) bond motifs is 1. The molecule has 21 heavy (non-hydrogen) atoms. The minimum absolute atomic E-state index is 0.0663. The Balaban J connectivity index is 1.66. The maximum absolute atomic E-state index is 5.94. The molecule has 2 unspecified atom stereocenters. The third-order valence-electron chi connectivity index (χ3n) is 3.98. The standard InChI is InChI=1S/C16H24N2O3/c1-12(17)16-11-18(5-8-21-16)10-13-3-4-14-15(9-13)20-7-2-6-19-14/h3-4,9,12,16H,2,5-8,10-11,17H2,1H3. The van der Waals surface area contributed by atoms with Gasteiger partial charge < -0.3 is 19.9 Å². The van der Waals surface area contributed by atoms with Crippen LogP contribution in [-0.4, -0.2) is 50.0 Å². The molecule has 0 bridgehead atoms. The Morgan fingerprint density at radius 2 is 2.05 bits per heavy atom. The predicted molar refractivity (Wildman–Crippen MR) is 80.7 cm³/mol. The summed E-state index contributed by atoms with van der Waals surface area (Å²) in [6, 6.07) is 6.29. The molecular weight excluding hydrogens is 268 g/mol. The molecule has 0 aliphatic carbocycles. The van der Waals surface area contributed by atoms with Crippen molar-refractivity contribution in [3.63, 3.8) is 0 Å². The van der Waals surface area contributed by atoms with Crippen LogP contribution in [0.5, 0.6) is 11.5 Å². The summed E-state index contributed by atoms with van der Waals surface area (Å²) in [6.07, 6.45) is 1.06. The van der Waals surface area contributed by atoms with Crippen LogP contribution in [0, 0.1) is 0 Å². The van der Waals surface area contributed by atoms with Gasteiger partial charge >= 0.3 is 0 Å². The summed E-state index contributed by atoms with van der Waals surface area (Å²) < 4.78 is 17.1. The molecule has 0 aromatic heterocycles. The number of benzene rings is 1. The molecule has 2 heterocycles. The highest BCUT2D eigenvalue weighted by molar-refractivity contribution is 5.43. The average Bonchev–Trinajstić information content (AvgIpc) is 2.72. The van der Waals surface area contributed by atoms with Gasteiger partial charge in [0, 0.05) is 32.1 Å². The van der Waals surface area contributed by atoms with Crippen molar-refractivity contribution < 1.29 is 14.2 Å². The average molecular weight is 292 g/mol. The van der Waals surface area contributed by atoms with E-state index in [4.69, 9.17) is 19.9 Å². The fourth-order valence-corrected chi connectivity index (χ4v) is 2.76. The molecule has 1 aromatic carbocycles. The van der Waals surface area contributed by atoms with Gasteiger partial charge in [-0.1, -0.05) is 6.07 Å². The van der Waals surface area contributed by atoms with Crippen molar-refractivity contribution in [1.82, 2.24) is 4.90 Å². The summed E-state index contributed by atoms with van der Waals surface area (Å²) in [5.74, 6) is 1.72. The Morgan fingerprint density at radius 1 is 1.24 bits per heavy atom. The lowest BCUT2D eigenvalue weighted by atomic mass is 10.1. The second-order valence-electron chi connectivity index (χ2n) is 5.84.